The summed E-state index contributed by atoms with van der Waals surface area (Å²) >= 11 is 8.64. The van der Waals surface area contributed by atoms with Gasteiger partial charge in [0.05, 0.1) is 10.9 Å². The average molecular weight is 315 g/mol. The number of carboxylic acids is 1. The Bertz CT molecular complexity index is 412. The summed E-state index contributed by atoms with van der Waals surface area (Å²) in [5.74, 6) is -1.27. The standard InChI is InChI=1S/C9H6BrClF2O3/c10-8-4(2-7(14)15)1-5(11)3-6(8)16-9(12)13/h1,3,9H,2H2,(H,14,15). The largest absolute Gasteiger partial charge is 0.481 e. The summed E-state index contributed by atoms with van der Waals surface area (Å²) in [4.78, 5) is 10.5. The Balaban J connectivity index is 3.10. The van der Waals surface area contributed by atoms with Crippen LogP contribution in [0.1, 0.15) is 5.56 Å². The lowest BCUT2D eigenvalue weighted by atomic mass is 10.1. The van der Waals surface area contributed by atoms with Crippen LogP contribution in [-0.2, 0) is 11.2 Å². The Hall–Kier alpha value is -0.880. The maximum Gasteiger partial charge on any atom is 0.387 e. The molecule has 0 spiro atoms. The van der Waals surface area contributed by atoms with Gasteiger partial charge >= 0.3 is 12.6 Å². The molecule has 1 N–H and O–H groups in total. The smallest absolute Gasteiger partial charge is 0.387 e. The second-order valence-corrected chi connectivity index (χ2v) is 4.06. The molecule has 0 fully saturated rings. The Morgan fingerprint density at radius 1 is 1.56 bits per heavy atom. The lowest BCUT2D eigenvalue weighted by Crippen LogP contribution is -2.06. The molecular formula is C9H6BrClF2O3. The van der Waals surface area contributed by atoms with E-state index in [0.717, 1.165) is 0 Å². The van der Waals surface area contributed by atoms with Crippen LogP contribution < -0.4 is 4.74 Å². The molecule has 0 saturated carbocycles. The second kappa shape index (κ2) is 5.45. The van der Waals surface area contributed by atoms with Gasteiger partial charge in [-0.05, 0) is 27.6 Å². The molecule has 3 nitrogen and oxygen atoms in total. The number of benzene rings is 1. The van der Waals surface area contributed by atoms with Gasteiger partial charge in [-0.25, -0.2) is 0 Å². The lowest BCUT2D eigenvalue weighted by Gasteiger charge is -2.10. The van der Waals surface area contributed by atoms with E-state index in [1.165, 1.54) is 12.1 Å². The fourth-order valence-electron chi connectivity index (χ4n) is 1.09. The van der Waals surface area contributed by atoms with Crippen LogP contribution in [0.15, 0.2) is 16.6 Å². The maximum atomic E-state index is 12.0. The topological polar surface area (TPSA) is 46.5 Å². The quantitative estimate of drug-likeness (QED) is 0.927. The van der Waals surface area contributed by atoms with Crippen LogP contribution in [0.5, 0.6) is 5.75 Å². The number of carbonyl (C=O) groups is 1. The van der Waals surface area contributed by atoms with Gasteiger partial charge in [0.1, 0.15) is 5.75 Å². The summed E-state index contributed by atoms with van der Waals surface area (Å²) in [6.07, 6.45) is -0.333. The van der Waals surface area contributed by atoms with Crippen LogP contribution >= 0.6 is 27.5 Å². The van der Waals surface area contributed by atoms with Gasteiger partial charge in [-0.1, -0.05) is 11.6 Å². The number of ether oxygens (including phenoxy) is 1. The molecule has 0 atom stereocenters. The van der Waals surface area contributed by atoms with Crippen molar-refractivity contribution in [2.45, 2.75) is 13.0 Å². The monoisotopic (exact) mass is 314 g/mol. The first-order valence-electron chi connectivity index (χ1n) is 4.04. The molecule has 0 heterocycles. The number of rotatable bonds is 4. The SMILES string of the molecule is O=C(O)Cc1cc(Cl)cc(OC(F)F)c1Br. The van der Waals surface area contributed by atoms with Crippen LogP contribution in [0.3, 0.4) is 0 Å². The second-order valence-electron chi connectivity index (χ2n) is 2.83. The molecular weight excluding hydrogens is 309 g/mol. The van der Waals surface area contributed by atoms with Crippen LogP contribution in [0.25, 0.3) is 0 Å². The van der Waals surface area contributed by atoms with Crippen LogP contribution in [0.2, 0.25) is 5.02 Å². The molecule has 0 aromatic heterocycles. The third-order valence-electron chi connectivity index (χ3n) is 1.64. The van der Waals surface area contributed by atoms with Gasteiger partial charge in [0.25, 0.3) is 0 Å². The molecule has 16 heavy (non-hydrogen) atoms. The van der Waals surface area contributed by atoms with Gasteiger partial charge in [-0.2, -0.15) is 8.78 Å². The molecule has 0 aliphatic heterocycles. The molecule has 0 amide bonds. The van der Waals surface area contributed by atoms with Crippen molar-refractivity contribution in [1.82, 2.24) is 0 Å². The number of aliphatic carboxylic acids is 1. The van der Waals surface area contributed by atoms with E-state index in [9.17, 15) is 13.6 Å². The lowest BCUT2D eigenvalue weighted by molar-refractivity contribution is -0.136. The molecule has 0 unspecified atom stereocenters. The highest BCUT2D eigenvalue weighted by atomic mass is 79.9. The van der Waals surface area contributed by atoms with E-state index in [0.29, 0.717) is 0 Å². The van der Waals surface area contributed by atoms with Gasteiger partial charge in [0, 0.05) is 11.1 Å². The van der Waals surface area contributed by atoms with E-state index in [2.05, 4.69) is 20.7 Å². The summed E-state index contributed by atoms with van der Waals surface area (Å²) in [5, 5.41) is 8.74. The van der Waals surface area contributed by atoms with Crippen molar-refractivity contribution in [3.05, 3.63) is 27.2 Å². The van der Waals surface area contributed by atoms with Crippen molar-refractivity contribution in [2.24, 2.45) is 0 Å². The van der Waals surface area contributed by atoms with Gasteiger partial charge in [0.15, 0.2) is 0 Å². The first-order chi connectivity index (χ1) is 7.40. The Morgan fingerprint density at radius 2 is 2.19 bits per heavy atom. The first kappa shape index (κ1) is 13.2. The van der Waals surface area contributed by atoms with Gasteiger partial charge in [-0.3, -0.25) is 4.79 Å². The van der Waals surface area contributed by atoms with E-state index < -0.39 is 12.6 Å². The minimum atomic E-state index is -2.99. The summed E-state index contributed by atoms with van der Waals surface area (Å²) in [6.45, 7) is -2.99. The minimum Gasteiger partial charge on any atom is -0.481 e. The van der Waals surface area contributed by atoms with Gasteiger partial charge < -0.3 is 9.84 Å². The summed E-state index contributed by atoms with van der Waals surface area (Å²) in [7, 11) is 0. The predicted octanol–water partition coefficient (Wildman–Crippen LogP) is 3.33. The van der Waals surface area contributed by atoms with Crippen molar-refractivity contribution >= 4 is 33.5 Å². The number of hydrogen-bond acceptors (Lipinski definition) is 2. The van der Waals surface area contributed by atoms with Crippen LogP contribution in [-0.4, -0.2) is 17.7 Å². The molecule has 1 aromatic carbocycles. The van der Waals surface area contributed by atoms with E-state index in [1.807, 2.05) is 0 Å². The summed E-state index contributed by atoms with van der Waals surface area (Å²) in [5.41, 5.74) is 0.274. The highest BCUT2D eigenvalue weighted by Crippen LogP contribution is 2.33. The Kier molecular flexibility index (Phi) is 4.49. The van der Waals surface area contributed by atoms with E-state index >= 15 is 0 Å². The van der Waals surface area contributed by atoms with Crippen molar-refractivity contribution in [1.29, 1.82) is 0 Å². The van der Waals surface area contributed by atoms with Crippen LogP contribution in [0.4, 0.5) is 8.78 Å². The zero-order valence-corrected chi connectivity index (χ0v) is 10.1. The van der Waals surface area contributed by atoms with Crippen LogP contribution in [0, 0.1) is 0 Å². The Morgan fingerprint density at radius 3 is 2.69 bits per heavy atom. The van der Waals surface area contributed by atoms with Gasteiger partial charge in [0.2, 0.25) is 0 Å². The predicted molar refractivity (Wildman–Crippen MR) is 57.1 cm³/mol. The molecule has 1 rings (SSSR count). The zero-order valence-electron chi connectivity index (χ0n) is 7.71. The maximum absolute atomic E-state index is 12.0. The normalized spacial score (nSPS) is 10.6. The van der Waals surface area contributed by atoms with E-state index in [4.69, 9.17) is 16.7 Å². The number of alkyl halides is 2. The fraction of sp³-hybridized carbons (Fsp3) is 0.222. The molecule has 7 heteroatoms. The third kappa shape index (κ3) is 3.61. The Labute approximate surface area is 103 Å². The van der Waals surface area contributed by atoms with Crippen molar-refractivity contribution in [3.63, 3.8) is 0 Å². The highest BCUT2D eigenvalue weighted by molar-refractivity contribution is 9.10. The highest BCUT2D eigenvalue weighted by Gasteiger charge is 2.15. The zero-order chi connectivity index (χ0) is 12.3. The summed E-state index contributed by atoms with van der Waals surface area (Å²) < 4.78 is 28.4. The van der Waals surface area contributed by atoms with Crippen molar-refractivity contribution in [2.75, 3.05) is 0 Å². The average Bonchev–Trinajstić information content (AvgIpc) is 2.11. The molecule has 88 valence electrons. The molecule has 0 saturated heterocycles. The number of halogens is 4. The number of hydrogen-bond donors (Lipinski definition) is 1. The van der Waals surface area contributed by atoms with Gasteiger partial charge in [-0.15, -0.1) is 0 Å². The van der Waals surface area contributed by atoms with E-state index in [1.54, 1.807) is 0 Å². The number of carboxylic acid groups (broad SMARTS) is 1. The molecule has 0 aliphatic carbocycles. The minimum absolute atomic E-state index is 0.134. The first-order valence-corrected chi connectivity index (χ1v) is 5.21. The molecule has 0 aliphatic rings. The molecule has 0 radical (unpaired) electrons. The van der Waals surface area contributed by atoms with E-state index in [-0.39, 0.29) is 27.2 Å². The van der Waals surface area contributed by atoms with Crippen molar-refractivity contribution in [3.8, 4) is 5.75 Å². The summed E-state index contributed by atoms with van der Waals surface area (Å²) in [6, 6.07) is 2.56. The van der Waals surface area contributed by atoms with Crippen molar-refractivity contribution < 1.29 is 23.4 Å². The fourth-order valence-corrected chi connectivity index (χ4v) is 1.78. The molecule has 1 aromatic rings. The molecule has 0 bridgehead atoms. The third-order valence-corrected chi connectivity index (χ3v) is 2.76.